The van der Waals surface area contributed by atoms with Gasteiger partial charge < -0.3 is 14.8 Å². The predicted molar refractivity (Wildman–Crippen MR) is 80.9 cm³/mol. The fraction of sp³-hybridized carbons (Fsp3) is 0.615. The fourth-order valence-corrected chi connectivity index (χ4v) is 2.84. The van der Waals surface area contributed by atoms with Crippen LogP contribution in [-0.2, 0) is 19.5 Å². The first kappa shape index (κ1) is 17.8. The van der Waals surface area contributed by atoms with Crippen LogP contribution in [0.3, 0.4) is 0 Å². The van der Waals surface area contributed by atoms with Crippen LogP contribution in [0.1, 0.15) is 13.3 Å². The molecule has 0 aliphatic heterocycles. The fourth-order valence-electron chi connectivity index (χ4n) is 1.67. The van der Waals surface area contributed by atoms with Crippen molar-refractivity contribution in [1.82, 2.24) is 9.71 Å². The molecule has 0 spiro atoms. The number of pyridine rings is 1. The van der Waals surface area contributed by atoms with Crippen LogP contribution in [0, 0.1) is 0 Å². The van der Waals surface area contributed by atoms with E-state index in [-0.39, 0.29) is 17.7 Å². The smallest absolute Gasteiger partial charge is 0.260 e. The molecule has 0 fully saturated rings. The Kier molecular flexibility index (Phi) is 7.58. The first-order chi connectivity index (χ1) is 10.0. The van der Waals surface area contributed by atoms with Crippen molar-refractivity contribution in [1.29, 1.82) is 0 Å². The van der Waals surface area contributed by atoms with E-state index in [1.165, 1.54) is 20.4 Å². The van der Waals surface area contributed by atoms with Crippen LogP contribution in [-0.4, -0.2) is 53.4 Å². The van der Waals surface area contributed by atoms with Crippen molar-refractivity contribution in [3.05, 3.63) is 18.3 Å². The number of methoxy groups -OCH3 is 2. The minimum absolute atomic E-state index is 0.00859. The molecule has 1 aromatic heterocycles. The van der Waals surface area contributed by atoms with Gasteiger partial charge in [0.15, 0.2) is 5.03 Å². The van der Waals surface area contributed by atoms with Crippen molar-refractivity contribution >= 4 is 15.7 Å². The van der Waals surface area contributed by atoms with Gasteiger partial charge in [-0.1, -0.05) is 6.92 Å². The standard InChI is InChI=1S/C13H23N3O4S/c1-4-7-14-12-6-5-8-15-13(12)21(17,18)16-9-11(20-3)10-19-2/h5-6,8,11,14,16H,4,7,9-10H2,1-3H3. The van der Waals surface area contributed by atoms with Gasteiger partial charge in [-0.15, -0.1) is 0 Å². The number of hydrogen-bond donors (Lipinski definition) is 2. The van der Waals surface area contributed by atoms with E-state index in [1.807, 2.05) is 6.92 Å². The molecule has 1 aromatic rings. The number of nitrogens with zero attached hydrogens (tertiary/aromatic N) is 1. The zero-order valence-electron chi connectivity index (χ0n) is 12.6. The molecule has 0 saturated heterocycles. The van der Waals surface area contributed by atoms with Gasteiger partial charge in [-0.05, 0) is 18.6 Å². The molecule has 0 aliphatic carbocycles. The predicted octanol–water partition coefficient (Wildman–Crippen LogP) is 0.843. The van der Waals surface area contributed by atoms with E-state index in [0.717, 1.165) is 6.42 Å². The Bertz CT molecular complexity index is 522. The van der Waals surface area contributed by atoms with Crippen molar-refractivity contribution in [3.8, 4) is 0 Å². The molecule has 0 saturated carbocycles. The van der Waals surface area contributed by atoms with Gasteiger partial charge in [-0.2, -0.15) is 0 Å². The van der Waals surface area contributed by atoms with Crippen molar-refractivity contribution in [2.45, 2.75) is 24.5 Å². The molecule has 7 nitrogen and oxygen atoms in total. The minimum atomic E-state index is -3.70. The molecule has 1 unspecified atom stereocenters. The number of ether oxygens (including phenoxy) is 2. The summed E-state index contributed by atoms with van der Waals surface area (Å²) < 4.78 is 37.2. The lowest BCUT2D eigenvalue weighted by Crippen LogP contribution is -2.36. The highest BCUT2D eigenvalue weighted by Gasteiger charge is 2.21. The zero-order valence-corrected chi connectivity index (χ0v) is 13.4. The van der Waals surface area contributed by atoms with E-state index >= 15 is 0 Å². The SMILES string of the molecule is CCCNc1cccnc1S(=O)(=O)NCC(COC)OC. The van der Waals surface area contributed by atoms with Crippen LogP contribution in [0.25, 0.3) is 0 Å². The molecule has 1 atom stereocenters. The Hall–Kier alpha value is -1.22. The molecule has 1 heterocycles. The number of rotatable bonds is 10. The maximum Gasteiger partial charge on any atom is 0.260 e. The average Bonchev–Trinajstić information content (AvgIpc) is 2.49. The molecule has 2 N–H and O–H groups in total. The Labute approximate surface area is 126 Å². The number of sulfonamides is 1. The molecule has 0 aliphatic rings. The van der Waals surface area contributed by atoms with Gasteiger partial charge in [0.1, 0.15) is 0 Å². The lowest BCUT2D eigenvalue weighted by molar-refractivity contribution is 0.0320. The largest absolute Gasteiger partial charge is 0.383 e. The second kappa shape index (κ2) is 8.93. The first-order valence-corrected chi connectivity index (χ1v) is 8.23. The third kappa shape index (κ3) is 5.58. The summed E-state index contributed by atoms with van der Waals surface area (Å²) in [6.45, 7) is 3.11. The third-order valence-electron chi connectivity index (χ3n) is 2.78. The molecule has 0 amide bonds. The van der Waals surface area contributed by atoms with E-state index in [2.05, 4.69) is 15.0 Å². The molecule has 0 bridgehead atoms. The van der Waals surface area contributed by atoms with Crippen LogP contribution in [0.5, 0.6) is 0 Å². The normalized spacial score (nSPS) is 13.1. The Morgan fingerprint density at radius 3 is 2.76 bits per heavy atom. The van der Waals surface area contributed by atoms with Gasteiger partial charge in [0.2, 0.25) is 0 Å². The monoisotopic (exact) mass is 317 g/mol. The highest BCUT2D eigenvalue weighted by molar-refractivity contribution is 7.89. The van der Waals surface area contributed by atoms with E-state index in [4.69, 9.17) is 9.47 Å². The summed E-state index contributed by atoms with van der Waals surface area (Å²) >= 11 is 0. The third-order valence-corrected chi connectivity index (χ3v) is 4.16. The first-order valence-electron chi connectivity index (χ1n) is 6.75. The highest BCUT2D eigenvalue weighted by atomic mass is 32.2. The summed E-state index contributed by atoms with van der Waals surface area (Å²) in [6.07, 6.45) is 2.00. The lowest BCUT2D eigenvalue weighted by Gasteiger charge is -2.16. The van der Waals surface area contributed by atoms with Gasteiger partial charge >= 0.3 is 0 Å². The van der Waals surface area contributed by atoms with Gasteiger partial charge in [-0.3, -0.25) is 0 Å². The van der Waals surface area contributed by atoms with Crippen molar-refractivity contribution in [3.63, 3.8) is 0 Å². The maximum atomic E-state index is 12.3. The zero-order chi connectivity index (χ0) is 15.7. The van der Waals surface area contributed by atoms with Crippen LogP contribution in [0.15, 0.2) is 23.4 Å². The summed E-state index contributed by atoms with van der Waals surface area (Å²) in [4.78, 5) is 3.97. The summed E-state index contributed by atoms with van der Waals surface area (Å²) in [5.41, 5.74) is 0.493. The number of hydrogen-bond acceptors (Lipinski definition) is 6. The summed E-state index contributed by atoms with van der Waals surface area (Å²) in [5.74, 6) is 0. The summed E-state index contributed by atoms with van der Waals surface area (Å²) in [5, 5.41) is 3.05. The maximum absolute atomic E-state index is 12.3. The minimum Gasteiger partial charge on any atom is -0.383 e. The molecule has 1 rings (SSSR count). The number of anilines is 1. The van der Waals surface area contributed by atoms with Gasteiger partial charge in [0, 0.05) is 33.5 Å². The highest BCUT2D eigenvalue weighted by Crippen LogP contribution is 2.17. The molecule has 8 heteroatoms. The van der Waals surface area contributed by atoms with Gasteiger partial charge in [0.05, 0.1) is 18.4 Å². The lowest BCUT2D eigenvalue weighted by atomic mass is 10.4. The summed E-state index contributed by atoms with van der Waals surface area (Å²) in [7, 11) is -0.663. The molecule has 21 heavy (non-hydrogen) atoms. The Morgan fingerprint density at radius 2 is 2.14 bits per heavy atom. The van der Waals surface area contributed by atoms with Crippen molar-refractivity contribution in [2.24, 2.45) is 0 Å². The van der Waals surface area contributed by atoms with E-state index in [0.29, 0.717) is 18.8 Å². The number of nitrogens with one attached hydrogen (secondary N) is 2. The quantitative estimate of drug-likeness (QED) is 0.665. The van der Waals surface area contributed by atoms with Crippen LogP contribution < -0.4 is 10.0 Å². The van der Waals surface area contributed by atoms with Crippen molar-refractivity contribution < 1.29 is 17.9 Å². The molecular weight excluding hydrogens is 294 g/mol. The Morgan fingerprint density at radius 1 is 1.38 bits per heavy atom. The second-order valence-corrected chi connectivity index (χ2v) is 6.13. The topological polar surface area (TPSA) is 89.6 Å². The van der Waals surface area contributed by atoms with Crippen LogP contribution in [0.4, 0.5) is 5.69 Å². The van der Waals surface area contributed by atoms with E-state index in [9.17, 15) is 8.42 Å². The van der Waals surface area contributed by atoms with Gasteiger partial charge in [-0.25, -0.2) is 18.1 Å². The summed E-state index contributed by atoms with van der Waals surface area (Å²) in [6, 6.07) is 3.39. The molecular formula is C13H23N3O4S. The van der Waals surface area contributed by atoms with Crippen LogP contribution >= 0.6 is 0 Å². The molecule has 0 radical (unpaired) electrons. The van der Waals surface area contributed by atoms with E-state index < -0.39 is 10.0 Å². The molecule has 0 aromatic carbocycles. The average molecular weight is 317 g/mol. The van der Waals surface area contributed by atoms with E-state index in [1.54, 1.807) is 12.1 Å². The Balaban J connectivity index is 2.82. The second-order valence-electron chi connectivity index (χ2n) is 4.45. The van der Waals surface area contributed by atoms with Gasteiger partial charge in [0.25, 0.3) is 10.0 Å². The van der Waals surface area contributed by atoms with Crippen LogP contribution in [0.2, 0.25) is 0 Å². The number of aromatic nitrogens is 1. The van der Waals surface area contributed by atoms with Crippen molar-refractivity contribution in [2.75, 3.05) is 39.2 Å². The molecule has 120 valence electrons.